The number of halogens is 1. The van der Waals surface area contributed by atoms with Crippen LogP contribution in [0.5, 0.6) is 0 Å². The lowest BCUT2D eigenvalue weighted by atomic mass is 10.2. The van der Waals surface area contributed by atoms with Crippen molar-refractivity contribution in [1.29, 1.82) is 5.26 Å². The van der Waals surface area contributed by atoms with Gasteiger partial charge < -0.3 is 4.90 Å². The van der Waals surface area contributed by atoms with Crippen LogP contribution in [0.2, 0.25) is 5.02 Å². The van der Waals surface area contributed by atoms with Crippen LogP contribution in [-0.2, 0) is 4.79 Å². The topological polar surface area (TPSA) is 79.0 Å². The van der Waals surface area contributed by atoms with E-state index in [2.05, 4.69) is 6.07 Å². The molecule has 0 fully saturated rings. The number of nitrogens with zero attached hydrogens (tertiary/aromatic N) is 4. The largest absolute Gasteiger partial charge is 0.311 e. The van der Waals surface area contributed by atoms with Crippen LogP contribution in [0.15, 0.2) is 82.7 Å². The number of fused-ring (bicyclic) bond motifs is 1. The molecule has 0 atom stereocenters. The molecule has 0 radical (unpaired) electrons. The second-order valence-corrected chi connectivity index (χ2v) is 8.94. The molecule has 0 aliphatic rings. The lowest BCUT2D eigenvalue weighted by molar-refractivity contribution is -0.116. The van der Waals surface area contributed by atoms with Gasteiger partial charge in [-0.3, -0.25) is 14.2 Å². The summed E-state index contributed by atoms with van der Waals surface area (Å²) in [5, 5.41) is 10.4. The van der Waals surface area contributed by atoms with Crippen molar-refractivity contribution in [2.45, 2.75) is 18.5 Å². The maximum Gasteiger partial charge on any atom is 0.266 e. The van der Waals surface area contributed by atoms with E-state index in [1.165, 1.54) is 11.8 Å². The predicted molar refractivity (Wildman–Crippen MR) is 137 cm³/mol. The minimum Gasteiger partial charge on any atom is -0.311 e. The number of anilines is 1. The van der Waals surface area contributed by atoms with Crippen molar-refractivity contribution >= 4 is 45.9 Å². The van der Waals surface area contributed by atoms with Gasteiger partial charge in [-0.15, -0.1) is 0 Å². The van der Waals surface area contributed by atoms with Crippen molar-refractivity contribution < 1.29 is 4.79 Å². The van der Waals surface area contributed by atoms with E-state index >= 15 is 0 Å². The minimum absolute atomic E-state index is 0.0463. The van der Waals surface area contributed by atoms with Crippen molar-refractivity contribution in [3.05, 3.63) is 93.7 Å². The van der Waals surface area contributed by atoms with Gasteiger partial charge in [-0.1, -0.05) is 59.8 Å². The summed E-state index contributed by atoms with van der Waals surface area (Å²) in [4.78, 5) is 33.0. The molecule has 0 spiro atoms. The van der Waals surface area contributed by atoms with E-state index in [0.717, 1.165) is 11.3 Å². The van der Waals surface area contributed by atoms with Gasteiger partial charge in [0.05, 0.1) is 34.8 Å². The van der Waals surface area contributed by atoms with Crippen molar-refractivity contribution in [3.63, 3.8) is 0 Å². The standard InChI is InChI=1S/C26H21ClN4O2S/c1-18-8-5-6-11-23(18)31-25(33)21-13-12-19(27)16-22(21)29-26(31)34-17-24(32)30(15-7-14-28)20-9-3-2-4-10-20/h2-6,8-13,16H,7,15,17H2,1H3. The van der Waals surface area contributed by atoms with E-state index in [-0.39, 0.29) is 30.2 Å². The number of para-hydroxylation sites is 2. The quantitative estimate of drug-likeness (QED) is 0.257. The van der Waals surface area contributed by atoms with Crippen molar-refractivity contribution in [2.24, 2.45) is 0 Å². The maximum atomic E-state index is 13.5. The molecule has 0 bridgehead atoms. The highest BCUT2D eigenvalue weighted by Gasteiger charge is 2.20. The van der Waals surface area contributed by atoms with Gasteiger partial charge in [-0.05, 0) is 48.9 Å². The molecule has 6 nitrogen and oxygen atoms in total. The SMILES string of the molecule is Cc1ccccc1-n1c(SCC(=O)N(CCC#N)c2ccccc2)nc2cc(Cl)ccc2c1=O. The van der Waals surface area contributed by atoms with Crippen LogP contribution in [-0.4, -0.2) is 27.8 Å². The molecule has 3 aromatic carbocycles. The first-order valence-electron chi connectivity index (χ1n) is 10.6. The van der Waals surface area contributed by atoms with E-state index in [1.807, 2.05) is 61.5 Å². The number of hydrogen-bond donors (Lipinski definition) is 0. The summed E-state index contributed by atoms with van der Waals surface area (Å²) in [7, 11) is 0. The van der Waals surface area contributed by atoms with E-state index < -0.39 is 0 Å². The number of benzene rings is 3. The Morgan fingerprint density at radius 2 is 1.85 bits per heavy atom. The molecule has 1 aromatic heterocycles. The number of amides is 1. The summed E-state index contributed by atoms with van der Waals surface area (Å²) in [6, 6.07) is 23.9. The zero-order valence-electron chi connectivity index (χ0n) is 18.4. The third kappa shape index (κ3) is 4.98. The van der Waals surface area contributed by atoms with Crippen LogP contribution >= 0.6 is 23.4 Å². The molecule has 0 N–H and O–H groups in total. The summed E-state index contributed by atoms with van der Waals surface area (Å²) in [5.74, 6) is -0.131. The number of thioether (sulfide) groups is 1. The second kappa shape index (κ2) is 10.6. The van der Waals surface area contributed by atoms with Gasteiger partial charge in [0, 0.05) is 17.3 Å². The van der Waals surface area contributed by atoms with Crippen molar-refractivity contribution in [2.75, 3.05) is 17.2 Å². The zero-order chi connectivity index (χ0) is 24.1. The molecule has 4 rings (SSSR count). The normalized spacial score (nSPS) is 10.7. The molecule has 1 heterocycles. The summed E-state index contributed by atoms with van der Waals surface area (Å²) >= 11 is 7.33. The van der Waals surface area contributed by atoms with E-state index in [0.29, 0.717) is 26.8 Å². The number of carbonyl (C=O) groups excluding carboxylic acids is 1. The Bertz CT molecular complexity index is 1450. The number of nitriles is 1. The summed E-state index contributed by atoms with van der Waals surface area (Å²) in [6.07, 6.45) is 0.214. The van der Waals surface area contributed by atoms with Gasteiger partial charge >= 0.3 is 0 Å². The Hall–Kier alpha value is -3.60. The Kier molecular flexibility index (Phi) is 7.31. The zero-order valence-corrected chi connectivity index (χ0v) is 20.0. The van der Waals surface area contributed by atoms with Crippen LogP contribution in [0.4, 0.5) is 5.69 Å². The molecule has 0 aliphatic heterocycles. The molecule has 0 saturated heterocycles. The fraction of sp³-hybridized carbons (Fsp3) is 0.154. The van der Waals surface area contributed by atoms with Crippen LogP contribution < -0.4 is 10.5 Å². The smallest absolute Gasteiger partial charge is 0.266 e. The highest BCUT2D eigenvalue weighted by Crippen LogP contribution is 2.25. The lowest BCUT2D eigenvalue weighted by Crippen LogP contribution is -2.33. The first kappa shape index (κ1) is 23.6. The molecule has 0 saturated carbocycles. The second-order valence-electron chi connectivity index (χ2n) is 7.56. The van der Waals surface area contributed by atoms with Crippen molar-refractivity contribution in [1.82, 2.24) is 9.55 Å². The molecular weight excluding hydrogens is 468 g/mol. The van der Waals surface area contributed by atoms with E-state index in [4.69, 9.17) is 21.8 Å². The molecular formula is C26H21ClN4O2S. The van der Waals surface area contributed by atoms with Gasteiger partial charge in [0.2, 0.25) is 5.91 Å². The summed E-state index contributed by atoms with van der Waals surface area (Å²) in [5.41, 5.74) is 2.58. The van der Waals surface area contributed by atoms with Crippen LogP contribution in [0.1, 0.15) is 12.0 Å². The van der Waals surface area contributed by atoms with Crippen molar-refractivity contribution in [3.8, 4) is 11.8 Å². The van der Waals surface area contributed by atoms with Crippen LogP contribution in [0.3, 0.4) is 0 Å². The minimum atomic E-state index is -0.227. The number of hydrogen-bond acceptors (Lipinski definition) is 5. The average molecular weight is 489 g/mol. The predicted octanol–water partition coefficient (Wildman–Crippen LogP) is 5.39. The summed E-state index contributed by atoms with van der Waals surface area (Å²) in [6.45, 7) is 2.21. The van der Waals surface area contributed by atoms with E-state index in [9.17, 15) is 9.59 Å². The van der Waals surface area contributed by atoms with Gasteiger partial charge in [0.15, 0.2) is 5.16 Å². The molecule has 8 heteroatoms. The van der Waals surface area contributed by atoms with Gasteiger partial charge in [0.1, 0.15) is 0 Å². The Morgan fingerprint density at radius 3 is 2.59 bits per heavy atom. The van der Waals surface area contributed by atoms with Gasteiger partial charge in [-0.2, -0.15) is 5.26 Å². The van der Waals surface area contributed by atoms with Crippen LogP contribution in [0.25, 0.3) is 16.6 Å². The number of aromatic nitrogens is 2. The molecule has 170 valence electrons. The first-order chi connectivity index (χ1) is 16.5. The Labute approximate surface area is 206 Å². The number of carbonyl (C=O) groups is 1. The highest BCUT2D eigenvalue weighted by atomic mass is 35.5. The van der Waals surface area contributed by atoms with Gasteiger partial charge in [0.25, 0.3) is 5.56 Å². The molecule has 34 heavy (non-hydrogen) atoms. The average Bonchev–Trinajstić information content (AvgIpc) is 2.84. The lowest BCUT2D eigenvalue weighted by Gasteiger charge is -2.22. The number of rotatable bonds is 7. The molecule has 1 amide bonds. The third-order valence-corrected chi connectivity index (χ3v) is 6.46. The molecule has 0 aliphatic carbocycles. The van der Waals surface area contributed by atoms with E-state index in [1.54, 1.807) is 27.7 Å². The molecule has 4 aromatic rings. The van der Waals surface area contributed by atoms with Crippen LogP contribution in [0, 0.1) is 18.3 Å². The van der Waals surface area contributed by atoms with Gasteiger partial charge in [-0.25, -0.2) is 4.98 Å². The molecule has 0 unspecified atom stereocenters. The fourth-order valence-corrected chi connectivity index (χ4v) is 4.68. The number of aryl methyl sites for hydroxylation is 1. The third-order valence-electron chi connectivity index (χ3n) is 5.30. The fourth-order valence-electron chi connectivity index (χ4n) is 3.63. The monoisotopic (exact) mass is 488 g/mol. The highest BCUT2D eigenvalue weighted by molar-refractivity contribution is 7.99. The summed E-state index contributed by atoms with van der Waals surface area (Å²) < 4.78 is 1.55. The first-order valence-corrected chi connectivity index (χ1v) is 12.0. The Balaban J connectivity index is 1.74. The Morgan fingerprint density at radius 1 is 1.12 bits per heavy atom. The maximum absolute atomic E-state index is 13.5.